The van der Waals surface area contributed by atoms with Gasteiger partial charge in [-0.25, -0.2) is 9.78 Å². The smallest absolute Gasteiger partial charge is 0.354 e. The summed E-state index contributed by atoms with van der Waals surface area (Å²) in [4.78, 5) is 15.1. The van der Waals surface area contributed by atoms with E-state index in [4.69, 9.17) is 28.3 Å². The first kappa shape index (κ1) is 12.0. The summed E-state index contributed by atoms with van der Waals surface area (Å²) >= 11 is 11.7. The molecule has 4 nitrogen and oxygen atoms in total. The number of aromatic nitrogens is 2. The number of hydrogen-bond donors (Lipinski definition) is 1. The maximum atomic E-state index is 11.1. The molecule has 2 rings (SSSR count). The molecule has 0 saturated carbocycles. The van der Waals surface area contributed by atoms with Crippen molar-refractivity contribution >= 4 is 29.2 Å². The molecule has 0 radical (unpaired) electrons. The molecule has 1 aromatic carbocycles. The number of imidazole rings is 1. The molecular formula is C11H8Cl2N2O2. The molecule has 0 saturated heterocycles. The molecule has 6 heteroatoms. The molecule has 0 aliphatic carbocycles. The third-order valence-electron chi connectivity index (χ3n) is 2.28. The Bertz CT molecular complexity index is 573. The van der Waals surface area contributed by atoms with Crippen LogP contribution in [0.5, 0.6) is 0 Å². The predicted molar refractivity (Wildman–Crippen MR) is 65.3 cm³/mol. The summed E-state index contributed by atoms with van der Waals surface area (Å²) in [7, 11) is 0. The lowest BCUT2D eigenvalue weighted by Crippen LogP contribution is -2.07. The summed E-state index contributed by atoms with van der Waals surface area (Å²) in [6, 6.07) is 4.83. The standard InChI is InChI=1S/C11H8Cl2N2O2/c1-6-10(11(16)17)15(5-14-6)9-3-7(12)2-8(13)4-9/h2-5H,1H3,(H,16,17). The zero-order valence-corrected chi connectivity index (χ0v) is 10.3. The number of aryl methyl sites for hydroxylation is 1. The predicted octanol–water partition coefficient (Wildman–Crippen LogP) is 3.19. The van der Waals surface area contributed by atoms with Crippen molar-refractivity contribution in [2.75, 3.05) is 0 Å². The van der Waals surface area contributed by atoms with E-state index in [1.165, 1.54) is 10.9 Å². The molecule has 2 aromatic rings. The molecule has 0 spiro atoms. The maximum absolute atomic E-state index is 11.1. The molecule has 1 heterocycles. The highest BCUT2D eigenvalue weighted by molar-refractivity contribution is 6.34. The Hall–Kier alpha value is -1.52. The van der Waals surface area contributed by atoms with E-state index >= 15 is 0 Å². The van der Waals surface area contributed by atoms with Gasteiger partial charge in [-0.05, 0) is 25.1 Å². The summed E-state index contributed by atoms with van der Waals surface area (Å²) in [5.41, 5.74) is 1.11. The van der Waals surface area contributed by atoms with Gasteiger partial charge < -0.3 is 5.11 Å². The number of hydrogen-bond acceptors (Lipinski definition) is 2. The Morgan fingerprint density at radius 1 is 1.29 bits per heavy atom. The molecule has 0 unspecified atom stereocenters. The van der Waals surface area contributed by atoms with Gasteiger partial charge in [0, 0.05) is 10.0 Å². The van der Waals surface area contributed by atoms with Crippen LogP contribution in [0.2, 0.25) is 10.0 Å². The Morgan fingerprint density at radius 2 is 1.88 bits per heavy atom. The lowest BCUT2D eigenvalue weighted by molar-refractivity contribution is 0.0687. The number of carboxylic acid groups (broad SMARTS) is 1. The van der Waals surface area contributed by atoms with Gasteiger partial charge >= 0.3 is 5.97 Å². The van der Waals surface area contributed by atoms with Gasteiger partial charge in [-0.15, -0.1) is 0 Å². The minimum absolute atomic E-state index is 0.100. The average molecular weight is 271 g/mol. The zero-order valence-electron chi connectivity index (χ0n) is 8.82. The van der Waals surface area contributed by atoms with E-state index in [1.54, 1.807) is 25.1 Å². The molecule has 17 heavy (non-hydrogen) atoms. The van der Waals surface area contributed by atoms with E-state index in [0.717, 1.165) is 0 Å². The second kappa shape index (κ2) is 4.39. The second-order valence-corrected chi connectivity index (χ2v) is 4.35. The van der Waals surface area contributed by atoms with Gasteiger partial charge in [0.05, 0.1) is 11.4 Å². The van der Waals surface area contributed by atoms with E-state index in [2.05, 4.69) is 4.98 Å². The van der Waals surface area contributed by atoms with Crippen LogP contribution in [0.25, 0.3) is 5.69 Å². The van der Waals surface area contributed by atoms with E-state index in [1.807, 2.05) is 0 Å². The third kappa shape index (κ3) is 2.28. The number of halogens is 2. The summed E-state index contributed by atoms with van der Waals surface area (Å²) < 4.78 is 1.44. The fraction of sp³-hybridized carbons (Fsp3) is 0.0909. The summed E-state index contributed by atoms with van der Waals surface area (Å²) in [5, 5.41) is 9.99. The van der Waals surface area contributed by atoms with Crippen LogP contribution in [0.4, 0.5) is 0 Å². The first-order valence-electron chi connectivity index (χ1n) is 4.72. The normalized spacial score (nSPS) is 10.5. The lowest BCUT2D eigenvalue weighted by Gasteiger charge is -2.06. The van der Waals surface area contributed by atoms with Crippen molar-refractivity contribution in [3.05, 3.63) is 46.0 Å². The van der Waals surface area contributed by atoms with E-state index in [0.29, 0.717) is 21.4 Å². The van der Waals surface area contributed by atoms with Crippen LogP contribution in [0.1, 0.15) is 16.2 Å². The van der Waals surface area contributed by atoms with Crippen LogP contribution in [-0.2, 0) is 0 Å². The molecular weight excluding hydrogens is 263 g/mol. The fourth-order valence-corrected chi connectivity index (χ4v) is 2.08. The first-order chi connectivity index (χ1) is 7.99. The number of carboxylic acids is 1. The molecule has 1 N–H and O–H groups in total. The monoisotopic (exact) mass is 270 g/mol. The van der Waals surface area contributed by atoms with Gasteiger partial charge in [0.1, 0.15) is 6.33 Å². The number of benzene rings is 1. The summed E-state index contributed by atoms with van der Waals surface area (Å²) in [5.74, 6) is -1.05. The van der Waals surface area contributed by atoms with Crippen molar-refractivity contribution in [3.8, 4) is 5.69 Å². The zero-order chi connectivity index (χ0) is 12.6. The highest BCUT2D eigenvalue weighted by Crippen LogP contribution is 2.23. The van der Waals surface area contributed by atoms with Crippen molar-refractivity contribution in [1.82, 2.24) is 9.55 Å². The van der Waals surface area contributed by atoms with Crippen LogP contribution in [0, 0.1) is 6.92 Å². The van der Waals surface area contributed by atoms with Crippen molar-refractivity contribution in [1.29, 1.82) is 0 Å². The van der Waals surface area contributed by atoms with Crippen LogP contribution in [0.15, 0.2) is 24.5 Å². The molecule has 0 fully saturated rings. The van der Waals surface area contributed by atoms with E-state index < -0.39 is 5.97 Å². The minimum Gasteiger partial charge on any atom is -0.477 e. The Balaban J connectivity index is 2.64. The largest absolute Gasteiger partial charge is 0.477 e. The van der Waals surface area contributed by atoms with Crippen molar-refractivity contribution in [3.63, 3.8) is 0 Å². The maximum Gasteiger partial charge on any atom is 0.354 e. The molecule has 88 valence electrons. The highest BCUT2D eigenvalue weighted by atomic mass is 35.5. The molecule has 0 aliphatic rings. The molecule has 0 amide bonds. The lowest BCUT2D eigenvalue weighted by atomic mass is 10.3. The van der Waals surface area contributed by atoms with Crippen molar-refractivity contribution in [2.24, 2.45) is 0 Å². The van der Waals surface area contributed by atoms with Gasteiger partial charge in [-0.2, -0.15) is 0 Å². The van der Waals surface area contributed by atoms with Crippen molar-refractivity contribution < 1.29 is 9.90 Å². The molecule has 0 atom stereocenters. The molecule has 0 aliphatic heterocycles. The number of aromatic carboxylic acids is 1. The second-order valence-electron chi connectivity index (χ2n) is 3.48. The third-order valence-corrected chi connectivity index (χ3v) is 2.71. The fourth-order valence-electron chi connectivity index (χ4n) is 1.57. The van der Waals surface area contributed by atoms with Crippen LogP contribution >= 0.6 is 23.2 Å². The highest BCUT2D eigenvalue weighted by Gasteiger charge is 2.16. The number of nitrogens with zero attached hydrogens (tertiary/aromatic N) is 2. The first-order valence-corrected chi connectivity index (χ1v) is 5.48. The van der Waals surface area contributed by atoms with E-state index in [-0.39, 0.29) is 5.69 Å². The van der Waals surface area contributed by atoms with Gasteiger partial charge in [0.15, 0.2) is 5.69 Å². The van der Waals surface area contributed by atoms with Gasteiger partial charge in [-0.1, -0.05) is 23.2 Å². The summed E-state index contributed by atoms with van der Waals surface area (Å²) in [6.45, 7) is 1.63. The summed E-state index contributed by atoms with van der Waals surface area (Å²) in [6.07, 6.45) is 1.43. The molecule has 1 aromatic heterocycles. The van der Waals surface area contributed by atoms with Crippen LogP contribution in [0.3, 0.4) is 0 Å². The topological polar surface area (TPSA) is 55.1 Å². The Kier molecular flexibility index (Phi) is 3.09. The van der Waals surface area contributed by atoms with Gasteiger partial charge in [0.2, 0.25) is 0 Å². The Labute approximate surface area is 107 Å². The van der Waals surface area contributed by atoms with Crippen LogP contribution < -0.4 is 0 Å². The quantitative estimate of drug-likeness (QED) is 0.912. The average Bonchev–Trinajstić information content (AvgIpc) is 2.58. The minimum atomic E-state index is -1.05. The van der Waals surface area contributed by atoms with E-state index in [9.17, 15) is 4.79 Å². The van der Waals surface area contributed by atoms with Gasteiger partial charge in [-0.3, -0.25) is 4.57 Å². The Morgan fingerprint density at radius 3 is 2.41 bits per heavy atom. The molecule has 0 bridgehead atoms. The number of rotatable bonds is 2. The van der Waals surface area contributed by atoms with Crippen molar-refractivity contribution in [2.45, 2.75) is 6.92 Å². The number of carbonyl (C=O) groups is 1. The van der Waals surface area contributed by atoms with Gasteiger partial charge in [0.25, 0.3) is 0 Å². The van der Waals surface area contributed by atoms with Crippen LogP contribution in [-0.4, -0.2) is 20.6 Å². The SMILES string of the molecule is Cc1ncn(-c2cc(Cl)cc(Cl)c2)c1C(=O)O.